The molecule has 0 heterocycles. The van der Waals surface area contributed by atoms with Gasteiger partial charge in [0.1, 0.15) is 12.1 Å². The van der Waals surface area contributed by atoms with E-state index >= 15 is 0 Å². The predicted molar refractivity (Wildman–Crippen MR) is 95.5 cm³/mol. The van der Waals surface area contributed by atoms with Gasteiger partial charge in [0.25, 0.3) is 0 Å². The topological polar surface area (TPSA) is 225 Å². The number of hydrogen-bond acceptors (Lipinski definition) is 8. The summed E-state index contributed by atoms with van der Waals surface area (Å²) in [6, 6.07) is -4.12. The Labute approximate surface area is 164 Å². The van der Waals surface area contributed by atoms with E-state index in [2.05, 4.69) is 23.3 Å². The summed E-state index contributed by atoms with van der Waals surface area (Å²) in [7, 11) is 0. The van der Waals surface area contributed by atoms with Gasteiger partial charge in [-0.1, -0.05) is 0 Å². The molecule has 0 aromatic heterocycles. The molecule has 0 fully saturated rings. The van der Waals surface area contributed by atoms with Crippen LogP contribution in [0.25, 0.3) is 0 Å². The van der Waals surface area contributed by atoms with Crippen molar-refractivity contribution in [1.29, 1.82) is 0 Å². The largest absolute Gasteiger partial charge is 0.481 e. The van der Waals surface area contributed by atoms with Crippen molar-refractivity contribution in [3.63, 3.8) is 0 Å². The minimum atomic E-state index is -1.70. The fourth-order valence-electron chi connectivity index (χ4n) is 1.80. The van der Waals surface area contributed by atoms with Crippen LogP contribution in [0.4, 0.5) is 0 Å². The van der Waals surface area contributed by atoms with E-state index in [4.69, 9.17) is 21.1 Å². The summed E-state index contributed by atoms with van der Waals surface area (Å²) in [5.41, 5.74) is 5.46. The molecule has 0 aliphatic rings. The molecule has 0 aliphatic carbocycles. The van der Waals surface area contributed by atoms with E-state index in [1.807, 2.05) is 5.32 Å². The summed E-state index contributed by atoms with van der Waals surface area (Å²) in [5.74, 6) is -6.94. The van der Waals surface area contributed by atoms with Crippen LogP contribution >= 0.6 is 12.6 Å². The molecule has 14 heteroatoms. The lowest BCUT2D eigenvalue weighted by atomic mass is 10.1. The van der Waals surface area contributed by atoms with Crippen molar-refractivity contribution in [2.75, 3.05) is 12.3 Å². The Kier molecular flexibility index (Phi) is 11.2. The quantitative estimate of drug-likeness (QED) is 0.138. The number of amides is 3. The van der Waals surface area contributed by atoms with Gasteiger partial charge in [0.05, 0.1) is 19.0 Å². The first-order chi connectivity index (χ1) is 13.0. The smallest absolute Gasteiger partial charge is 0.326 e. The molecule has 0 aromatic carbocycles. The van der Waals surface area contributed by atoms with Crippen molar-refractivity contribution in [2.24, 2.45) is 5.73 Å². The lowest BCUT2D eigenvalue weighted by Crippen LogP contribution is -2.54. The third-order valence-electron chi connectivity index (χ3n) is 3.26. The highest BCUT2D eigenvalue weighted by atomic mass is 32.1. The molecule has 0 saturated heterocycles. The second kappa shape index (κ2) is 12.5. The molecule has 158 valence electrons. The van der Waals surface area contributed by atoms with Crippen molar-refractivity contribution in [1.82, 2.24) is 16.0 Å². The number of rotatable bonds is 13. The molecule has 0 saturated carbocycles. The summed E-state index contributed by atoms with van der Waals surface area (Å²) in [6.07, 6.45) is -1.33. The number of carbonyl (C=O) groups is 6. The summed E-state index contributed by atoms with van der Waals surface area (Å²) in [5, 5.41) is 32.4. The second-order valence-corrected chi connectivity index (χ2v) is 5.92. The average molecular weight is 422 g/mol. The Hall–Kier alpha value is -2.87. The summed E-state index contributed by atoms with van der Waals surface area (Å²) >= 11 is 3.86. The molecule has 13 nitrogen and oxygen atoms in total. The Morgan fingerprint density at radius 1 is 0.893 bits per heavy atom. The lowest BCUT2D eigenvalue weighted by Gasteiger charge is -2.19. The van der Waals surface area contributed by atoms with Gasteiger partial charge in [0.15, 0.2) is 0 Å². The minimum Gasteiger partial charge on any atom is -0.481 e. The molecule has 0 bridgehead atoms. The van der Waals surface area contributed by atoms with Gasteiger partial charge in [0.2, 0.25) is 17.7 Å². The number of aliphatic carboxylic acids is 3. The first-order valence-corrected chi connectivity index (χ1v) is 8.51. The molecule has 0 radical (unpaired) electrons. The zero-order valence-corrected chi connectivity index (χ0v) is 15.5. The number of carbonyl (C=O) groups excluding carboxylic acids is 3. The van der Waals surface area contributed by atoms with Crippen LogP contribution in [-0.4, -0.2) is 81.4 Å². The summed E-state index contributed by atoms with van der Waals surface area (Å²) < 4.78 is 0. The lowest BCUT2D eigenvalue weighted by molar-refractivity contribution is -0.147. The summed E-state index contributed by atoms with van der Waals surface area (Å²) in [6.45, 7) is -0.575. The van der Waals surface area contributed by atoms with Crippen LogP contribution in [0.5, 0.6) is 0 Å². The molecule has 3 unspecified atom stereocenters. The van der Waals surface area contributed by atoms with Crippen molar-refractivity contribution in [3.05, 3.63) is 0 Å². The standard InChI is InChI=1S/C14H22N4O9S/c15-6(1-2-10(20)21)12(24)16-4-9(19)17-8(5-28)13(25)18-7(14(26)27)3-11(22)23/h6-8,28H,1-5,15H2,(H,16,24)(H,17,19)(H,18,25)(H,20,21)(H,22,23)(H,26,27). The van der Waals surface area contributed by atoms with Crippen LogP contribution in [0.3, 0.4) is 0 Å². The number of carboxylic acid groups (broad SMARTS) is 3. The normalized spacial score (nSPS) is 13.5. The molecule has 0 aromatic rings. The van der Waals surface area contributed by atoms with Crippen molar-refractivity contribution < 1.29 is 44.1 Å². The fraction of sp³-hybridized carbons (Fsp3) is 0.571. The van der Waals surface area contributed by atoms with Crippen molar-refractivity contribution >= 4 is 48.3 Å². The maximum Gasteiger partial charge on any atom is 0.326 e. The predicted octanol–water partition coefficient (Wildman–Crippen LogP) is -3.25. The van der Waals surface area contributed by atoms with Crippen LogP contribution in [-0.2, 0) is 28.8 Å². The Bertz CT molecular complexity index is 628. The van der Waals surface area contributed by atoms with Gasteiger partial charge in [-0.05, 0) is 6.42 Å². The highest BCUT2D eigenvalue weighted by Gasteiger charge is 2.27. The molecule has 3 amide bonds. The SMILES string of the molecule is NC(CCC(=O)O)C(=O)NCC(=O)NC(CS)C(=O)NC(CC(=O)O)C(=O)O. The Morgan fingerprint density at radius 2 is 1.50 bits per heavy atom. The molecule has 8 N–H and O–H groups in total. The fourth-order valence-corrected chi connectivity index (χ4v) is 2.05. The maximum atomic E-state index is 12.0. The van der Waals surface area contributed by atoms with Crippen molar-refractivity contribution in [3.8, 4) is 0 Å². The van der Waals surface area contributed by atoms with Gasteiger partial charge in [-0.3, -0.25) is 24.0 Å². The first-order valence-electron chi connectivity index (χ1n) is 7.88. The molecule has 3 atom stereocenters. The number of nitrogens with one attached hydrogen (secondary N) is 3. The molecule has 0 spiro atoms. The van der Waals surface area contributed by atoms with E-state index in [0.717, 1.165) is 0 Å². The van der Waals surface area contributed by atoms with Crippen LogP contribution in [0, 0.1) is 0 Å². The molecular formula is C14H22N4O9S. The van der Waals surface area contributed by atoms with E-state index in [1.165, 1.54) is 0 Å². The molecule has 0 rings (SSSR count). The van der Waals surface area contributed by atoms with Gasteiger partial charge >= 0.3 is 17.9 Å². The van der Waals surface area contributed by atoms with Crippen molar-refractivity contribution in [2.45, 2.75) is 37.4 Å². The number of thiol groups is 1. The van der Waals surface area contributed by atoms with Crippen LogP contribution < -0.4 is 21.7 Å². The second-order valence-electron chi connectivity index (χ2n) is 5.56. The van der Waals surface area contributed by atoms with Gasteiger partial charge in [-0.15, -0.1) is 0 Å². The van der Waals surface area contributed by atoms with Crippen LogP contribution in [0.2, 0.25) is 0 Å². The van der Waals surface area contributed by atoms with Gasteiger partial charge < -0.3 is 37.0 Å². The number of carboxylic acids is 3. The molecular weight excluding hydrogens is 400 g/mol. The van der Waals surface area contributed by atoms with Crippen LogP contribution in [0.1, 0.15) is 19.3 Å². The van der Waals surface area contributed by atoms with Gasteiger partial charge in [-0.2, -0.15) is 12.6 Å². The van der Waals surface area contributed by atoms with Crippen LogP contribution in [0.15, 0.2) is 0 Å². The third-order valence-corrected chi connectivity index (χ3v) is 3.62. The Balaban J connectivity index is 4.59. The average Bonchev–Trinajstić information content (AvgIpc) is 2.60. The zero-order chi connectivity index (χ0) is 21.9. The third kappa shape index (κ3) is 10.3. The Morgan fingerprint density at radius 3 is 1.96 bits per heavy atom. The van der Waals surface area contributed by atoms with E-state index in [9.17, 15) is 28.8 Å². The zero-order valence-electron chi connectivity index (χ0n) is 14.6. The summed E-state index contributed by atoms with van der Waals surface area (Å²) in [4.78, 5) is 67.5. The van der Waals surface area contributed by atoms with E-state index in [-0.39, 0.29) is 18.6 Å². The number of hydrogen-bond donors (Lipinski definition) is 8. The molecule has 28 heavy (non-hydrogen) atoms. The monoisotopic (exact) mass is 422 g/mol. The van der Waals surface area contributed by atoms with Gasteiger partial charge in [-0.25, -0.2) is 4.79 Å². The maximum absolute atomic E-state index is 12.0. The highest BCUT2D eigenvalue weighted by molar-refractivity contribution is 7.80. The minimum absolute atomic E-state index is 0.134. The van der Waals surface area contributed by atoms with E-state index in [0.29, 0.717) is 0 Å². The highest BCUT2D eigenvalue weighted by Crippen LogP contribution is 1.97. The van der Waals surface area contributed by atoms with Gasteiger partial charge in [0, 0.05) is 12.2 Å². The van der Waals surface area contributed by atoms with E-state index < -0.39 is 66.7 Å². The van der Waals surface area contributed by atoms with E-state index in [1.54, 1.807) is 0 Å². The first kappa shape index (κ1) is 25.1. The number of nitrogens with two attached hydrogens (primary N) is 1. The molecule has 0 aliphatic heterocycles.